The van der Waals surface area contributed by atoms with Gasteiger partial charge < -0.3 is 15.6 Å². The Morgan fingerprint density at radius 2 is 2.09 bits per heavy atom. The first-order valence-corrected chi connectivity index (χ1v) is 7.74. The van der Waals surface area contributed by atoms with Crippen molar-refractivity contribution in [2.45, 2.75) is 33.2 Å². The fourth-order valence-corrected chi connectivity index (χ4v) is 2.25. The molecule has 0 radical (unpaired) electrons. The number of nitrogens with zero attached hydrogens (tertiary/aromatic N) is 1. The lowest BCUT2D eigenvalue weighted by Gasteiger charge is -2.20. The molecule has 0 bridgehead atoms. The van der Waals surface area contributed by atoms with Crippen LogP contribution in [0.4, 0.5) is 4.39 Å². The van der Waals surface area contributed by atoms with Crippen LogP contribution in [0.3, 0.4) is 0 Å². The van der Waals surface area contributed by atoms with E-state index in [1.165, 1.54) is 6.07 Å². The molecule has 1 aromatic carbocycles. The molecule has 0 fully saturated rings. The number of hydrogen-bond acceptors (Lipinski definition) is 1. The minimum Gasteiger partial charge on any atom is -0.361 e. The van der Waals surface area contributed by atoms with Crippen LogP contribution in [0.15, 0.2) is 29.4 Å². The zero-order valence-corrected chi connectivity index (χ0v) is 13.7. The largest absolute Gasteiger partial charge is 0.361 e. The summed E-state index contributed by atoms with van der Waals surface area (Å²) in [4.78, 5) is 7.41. The van der Waals surface area contributed by atoms with Crippen LogP contribution in [0.25, 0.3) is 10.9 Å². The number of rotatable bonds is 5. The molecule has 4 nitrogen and oxygen atoms in total. The standard InChI is InChI=1S/C17H25FN4/c1-11(2)12(3)22-17(19-4)20-8-7-13-10-21-16-6-5-14(18)9-15(13)16/h5-6,9-12,21H,7-8H2,1-4H3,(H2,19,20,22). The summed E-state index contributed by atoms with van der Waals surface area (Å²) < 4.78 is 13.4. The number of guanidine groups is 1. The molecule has 1 heterocycles. The van der Waals surface area contributed by atoms with Gasteiger partial charge in [0.2, 0.25) is 0 Å². The van der Waals surface area contributed by atoms with Crippen LogP contribution in [0.5, 0.6) is 0 Å². The van der Waals surface area contributed by atoms with Gasteiger partial charge in [0.25, 0.3) is 0 Å². The summed E-state index contributed by atoms with van der Waals surface area (Å²) in [5.74, 6) is 1.13. The first kappa shape index (κ1) is 16.3. The van der Waals surface area contributed by atoms with E-state index < -0.39 is 0 Å². The van der Waals surface area contributed by atoms with Crippen LogP contribution < -0.4 is 10.6 Å². The molecule has 0 amide bonds. The molecule has 1 atom stereocenters. The molecular weight excluding hydrogens is 279 g/mol. The quantitative estimate of drug-likeness (QED) is 0.587. The van der Waals surface area contributed by atoms with Crippen molar-refractivity contribution >= 4 is 16.9 Å². The van der Waals surface area contributed by atoms with Crippen molar-refractivity contribution < 1.29 is 4.39 Å². The Morgan fingerprint density at radius 3 is 2.77 bits per heavy atom. The highest BCUT2D eigenvalue weighted by Gasteiger charge is 2.09. The molecule has 2 aromatic rings. The minimum atomic E-state index is -0.204. The highest BCUT2D eigenvalue weighted by Crippen LogP contribution is 2.19. The first-order valence-electron chi connectivity index (χ1n) is 7.74. The Kier molecular flexibility index (Phi) is 5.41. The third-order valence-corrected chi connectivity index (χ3v) is 4.00. The number of benzene rings is 1. The van der Waals surface area contributed by atoms with Crippen LogP contribution in [0.2, 0.25) is 0 Å². The summed E-state index contributed by atoms with van der Waals surface area (Å²) in [6.07, 6.45) is 2.75. The lowest BCUT2D eigenvalue weighted by atomic mass is 10.1. The molecule has 22 heavy (non-hydrogen) atoms. The molecule has 2 rings (SSSR count). The number of aliphatic imine (C=N–C) groups is 1. The number of aromatic nitrogens is 1. The summed E-state index contributed by atoms with van der Waals surface area (Å²) in [6.45, 7) is 7.23. The predicted molar refractivity (Wildman–Crippen MR) is 90.8 cm³/mol. The van der Waals surface area contributed by atoms with E-state index in [9.17, 15) is 4.39 Å². The Bertz CT molecular complexity index is 645. The number of aromatic amines is 1. The highest BCUT2D eigenvalue weighted by molar-refractivity contribution is 5.83. The van der Waals surface area contributed by atoms with Crippen molar-refractivity contribution in [2.24, 2.45) is 10.9 Å². The van der Waals surface area contributed by atoms with Gasteiger partial charge in [-0.15, -0.1) is 0 Å². The van der Waals surface area contributed by atoms with Crippen LogP contribution in [-0.2, 0) is 6.42 Å². The molecule has 0 aliphatic rings. The van der Waals surface area contributed by atoms with Gasteiger partial charge in [-0.05, 0) is 43.0 Å². The van der Waals surface area contributed by atoms with E-state index in [4.69, 9.17) is 0 Å². The maximum atomic E-state index is 13.4. The molecule has 5 heteroatoms. The van der Waals surface area contributed by atoms with Gasteiger partial charge in [0.05, 0.1) is 0 Å². The van der Waals surface area contributed by atoms with E-state index in [1.54, 1.807) is 19.2 Å². The van der Waals surface area contributed by atoms with Crippen molar-refractivity contribution in [1.29, 1.82) is 0 Å². The van der Waals surface area contributed by atoms with E-state index in [-0.39, 0.29) is 5.82 Å². The number of halogens is 1. The van der Waals surface area contributed by atoms with Gasteiger partial charge in [-0.3, -0.25) is 4.99 Å². The predicted octanol–water partition coefficient (Wildman–Crippen LogP) is 3.06. The fourth-order valence-electron chi connectivity index (χ4n) is 2.25. The topological polar surface area (TPSA) is 52.2 Å². The van der Waals surface area contributed by atoms with Gasteiger partial charge in [0.15, 0.2) is 5.96 Å². The van der Waals surface area contributed by atoms with Crippen LogP contribution in [0.1, 0.15) is 26.3 Å². The van der Waals surface area contributed by atoms with Gasteiger partial charge >= 0.3 is 0 Å². The van der Waals surface area contributed by atoms with Crippen molar-refractivity contribution in [3.8, 4) is 0 Å². The smallest absolute Gasteiger partial charge is 0.191 e. The van der Waals surface area contributed by atoms with Crippen molar-refractivity contribution in [2.75, 3.05) is 13.6 Å². The molecule has 0 aliphatic heterocycles. The zero-order chi connectivity index (χ0) is 16.1. The Labute approximate surface area is 131 Å². The van der Waals surface area contributed by atoms with Gasteiger partial charge in [0, 0.05) is 36.7 Å². The van der Waals surface area contributed by atoms with Crippen LogP contribution in [-0.4, -0.2) is 30.6 Å². The maximum Gasteiger partial charge on any atom is 0.191 e. The fraction of sp³-hybridized carbons (Fsp3) is 0.471. The van der Waals surface area contributed by atoms with Gasteiger partial charge in [0.1, 0.15) is 5.82 Å². The maximum absolute atomic E-state index is 13.4. The summed E-state index contributed by atoms with van der Waals surface area (Å²) in [5.41, 5.74) is 2.07. The number of nitrogens with one attached hydrogen (secondary N) is 3. The minimum absolute atomic E-state index is 0.204. The molecule has 120 valence electrons. The van der Waals surface area contributed by atoms with E-state index in [2.05, 4.69) is 41.4 Å². The first-order chi connectivity index (χ1) is 10.5. The molecular formula is C17H25FN4. The average molecular weight is 304 g/mol. The molecule has 0 saturated carbocycles. The summed E-state index contributed by atoms with van der Waals surface area (Å²) in [6, 6.07) is 5.18. The Hall–Kier alpha value is -2.04. The highest BCUT2D eigenvalue weighted by atomic mass is 19.1. The number of fused-ring (bicyclic) bond motifs is 1. The Morgan fingerprint density at radius 1 is 1.32 bits per heavy atom. The molecule has 0 spiro atoms. The van der Waals surface area contributed by atoms with Crippen LogP contribution >= 0.6 is 0 Å². The Balaban J connectivity index is 1.93. The molecule has 1 unspecified atom stereocenters. The molecule has 1 aromatic heterocycles. The second-order valence-electron chi connectivity index (χ2n) is 5.93. The molecule has 0 saturated heterocycles. The second kappa shape index (κ2) is 7.29. The zero-order valence-electron chi connectivity index (χ0n) is 13.7. The van der Waals surface area contributed by atoms with Crippen LogP contribution in [0, 0.1) is 11.7 Å². The lowest BCUT2D eigenvalue weighted by molar-refractivity contribution is 0.481. The van der Waals surface area contributed by atoms with Gasteiger partial charge in [-0.2, -0.15) is 0 Å². The SMILES string of the molecule is CN=C(NCCc1c[nH]c2ccc(F)cc12)NC(C)C(C)C. The van der Waals surface area contributed by atoms with E-state index >= 15 is 0 Å². The van der Waals surface area contributed by atoms with Crippen molar-refractivity contribution in [1.82, 2.24) is 15.6 Å². The number of hydrogen-bond donors (Lipinski definition) is 3. The lowest BCUT2D eigenvalue weighted by Crippen LogP contribution is -2.44. The van der Waals surface area contributed by atoms with Crippen molar-refractivity contribution in [3.63, 3.8) is 0 Å². The number of H-pyrrole nitrogens is 1. The van der Waals surface area contributed by atoms with E-state index in [0.717, 1.165) is 35.4 Å². The third kappa shape index (κ3) is 4.00. The normalized spacial score (nSPS) is 13.6. The van der Waals surface area contributed by atoms with E-state index in [0.29, 0.717) is 12.0 Å². The second-order valence-corrected chi connectivity index (χ2v) is 5.93. The molecule has 0 aliphatic carbocycles. The monoisotopic (exact) mass is 304 g/mol. The summed E-state index contributed by atoms with van der Waals surface area (Å²) in [7, 11) is 1.77. The summed E-state index contributed by atoms with van der Waals surface area (Å²) in [5, 5.41) is 7.61. The average Bonchev–Trinajstić information content (AvgIpc) is 2.88. The van der Waals surface area contributed by atoms with Gasteiger partial charge in [-0.1, -0.05) is 13.8 Å². The van der Waals surface area contributed by atoms with E-state index in [1.807, 2.05) is 6.20 Å². The van der Waals surface area contributed by atoms with Gasteiger partial charge in [-0.25, -0.2) is 4.39 Å². The third-order valence-electron chi connectivity index (χ3n) is 4.00. The van der Waals surface area contributed by atoms with Crippen molar-refractivity contribution in [3.05, 3.63) is 35.8 Å². The molecule has 3 N–H and O–H groups in total. The summed E-state index contributed by atoms with van der Waals surface area (Å²) >= 11 is 0.